The number of carbonyl (C=O) groups is 2. The molecule has 0 saturated carbocycles. The number of nitrogens with one attached hydrogen (secondary N) is 1. The average molecular weight is 323 g/mol. The molecule has 1 aromatic rings. The molecule has 0 unspecified atom stereocenters. The molecule has 2 atom stereocenters. The summed E-state index contributed by atoms with van der Waals surface area (Å²) in [4.78, 5) is 23.0. The van der Waals surface area contributed by atoms with Gasteiger partial charge in [-0.2, -0.15) is 0 Å². The Morgan fingerprint density at radius 1 is 1.43 bits per heavy atom. The Morgan fingerprint density at radius 2 is 2.26 bits per heavy atom. The molecule has 1 aliphatic heterocycles. The second-order valence-corrected chi connectivity index (χ2v) is 5.32. The lowest BCUT2D eigenvalue weighted by Gasteiger charge is -2.31. The van der Waals surface area contributed by atoms with Gasteiger partial charge in [-0.25, -0.2) is 4.79 Å². The van der Waals surface area contributed by atoms with Crippen LogP contribution in [0.2, 0.25) is 0 Å². The lowest BCUT2D eigenvalue weighted by Crippen LogP contribution is -2.51. The van der Waals surface area contributed by atoms with Crippen molar-refractivity contribution in [2.24, 2.45) is 0 Å². The van der Waals surface area contributed by atoms with E-state index in [0.717, 1.165) is 5.56 Å². The number of amides is 1. The molecule has 1 aromatic carbocycles. The molecule has 1 heterocycles. The standard InChI is InChI=1S/C16H21NO6/c1-21-8-11-3-2-4-12(7-11)16(20)17-13-9-22-6-5-14(13)23-10-15(18)19/h2-4,7,13-14H,5-6,8-10H2,1H3,(H,17,20)(H,18,19)/t13-,14+/m1/s1. The van der Waals surface area contributed by atoms with Crippen molar-refractivity contribution in [1.29, 1.82) is 0 Å². The summed E-state index contributed by atoms with van der Waals surface area (Å²) >= 11 is 0. The molecule has 2 rings (SSSR count). The number of benzene rings is 1. The monoisotopic (exact) mass is 323 g/mol. The molecule has 1 amide bonds. The van der Waals surface area contributed by atoms with Gasteiger partial charge in [0.15, 0.2) is 0 Å². The highest BCUT2D eigenvalue weighted by molar-refractivity contribution is 5.94. The minimum absolute atomic E-state index is 0.248. The predicted octanol–water partition coefficient (Wildman–Crippen LogP) is 0.822. The number of rotatable bonds is 7. The van der Waals surface area contributed by atoms with Crippen LogP contribution in [0.1, 0.15) is 22.3 Å². The van der Waals surface area contributed by atoms with Crippen molar-refractivity contribution in [2.45, 2.75) is 25.2 Å². The molecule has 23 heavy (non-hydrogen) atoms. The SMILES string of the molecule is COCc1cccc(C(=O)N[C@@H]2COCC[C@@H]2OCC(=O)O)c1. The summed E-state index contributed by atoms with van der Waals surface area (Å²) in [6.45, 7) is 0.826. The van der Waals surface area contributed by atoms with Crippen LogP contribution < -0.4 is 5.32 Å². The lowest BCUT2D eigenvalue weighted by atomic mass is 10.1. The second-order valence-electron chi connectivity index (χ2n) is 5.32. The molecule has 1 fully saturated rings. The second kappa shape index (κ2) is 8.61. The minimum atomic E-state index is -1.03. The van der Waals surface area contributed by atoms with Crippen LogP contribution in [0.3, 0.4) is 0 Å². The first kappa shape index (κ1) is 17.4. The molecule has 1 saturated heterocycles. The zero-order chi connectivity index (χ0) is 16.7. The van der Waals surface area contributed by atoms with Gasteiger partial charge in [-0.15, -0.1) is 0 Å². The van der Waals surface area contributed by atoms with Crippen LogP contribution in [0.15, 0.2) is 24.3 Å². The first-order chi connectivity index (χ1) is 11.1. The van der Waals surface area contributed by atoms with Gasteiger partial charge in [0.05, 0.1) is 25.4 Å². The molecule has 126 valence electrons. The average Bonchev–Trinajstić information content (AvgIpc) is 2.54. The topological polar surface area (TPSA) is 94.1 Å². The molecule has 7 heteroatoms. The summed E-state index contributed by atoms with van der Waals surface area (Å²) in [6, 6.07) is 6.77. The number of carboxylic acids is 1. The Bertz CT molecular complexity index is 547. The number of ether oxygens (including phenoxy) is 3. The van der Waals surface area contributed by atoms with E-state index in [4.69, 9.17) is 19.3 Å². The van der Waals surface area contributed by atoms with Crippen molar-refractivity contribution in [1.82, 2.24) is 5.32 Å². The summed E-state index contributed by atoms with van der Waals surface area (Å²) < 4.78 is 15.8. The van der Waals surface area contributed by atoms with E-state index in [2.05, 4.69) is 5.32 Å². The largest absolute Gasteiger partial charge is 0.480 e. The Morgan fingerprint density at radius 3 is 3.00 bits per heavy atom. The molecule has 0 spiro atoms. The van der Waals surface area contributed by atoms with E-state index in [9.17, 15) is 9.59 Å². The van der Waals surface area contributed by atoms with Gasteiger partial charge in [-0.3, -0.25) is 4.79 Å². The molecular formula is C16H21NO6. The number of hydrogen-bond donors (Lipinski definition) is 2. The Hall–Kier alpha value is -1.96. The van der Waals surface area contributed by atoms with Crippen LogP contribution in [-0.4, -0.2) is 56.1 Å². The number of methoxy groups -OCH3 is 1. The van der Waals surface area contributed by atoms with Crippen molar-refractivity contribution >= 4 is 11.9 Å². The first-order valence-corrected chi connectivity index (χ1v) is 7.40. The predicted molar refractivity (Wildman–Crippen MR) is 81.2 cm³/mol. The molecule has 2 N–H and O–H groups in total. The van der Waals surface area contributed by atoms with Gasteiger partial charge in [0.25, 0.3) is 5.91 Å². The van der Waals surface area contributed by atoms with Crippen molar-refractivity contribution in [2.75, 3.05) is 26.9 Å². The van der Waals surface area contributed by atoms with E-state index in [1.807, 2.05) is 6.07 Å². The van der Waals surface area contributed by atoms with Gasteiger partial charge in [0.2, 0.25) is 0 Å². The van der Waals surface area contributed by atoms with E-state index in [-0.39, 0.29) is 24.7 Å². The van der Waals surface area contributed by atoms with E-state index < -0.39 is 5.97 Å². The number of carbonyl (C=O) groups excluding carboxylic acids is 1. The van der Waals surface area contributed by atoms with Crippen LogP contribution in [0, 0.1) is 0 Å². The number of aliphatic carboxylic acids is 1. The van der Waals surface area contributed by atoms with Gasteiger partial charge in [-0.05, 0) is 24.1 Å². The van der Waals surface area contributed by atoms with E-state index in [0.29, 0.717) is 31.8 Å². The van der Waals surface area contributed by atoms with Crippen LogP contribution in [0.25, 0.3) is 0 Å². The summed E-state index contributed by atoms with van der Waals surface area (Å²) in [5, 5.41) is 11.6. The summed E-state index contributed by atoms with van der Waals surface area (Å²) in [7, 11) is 1.59. The van der Waals surface area contributed by atoms with Crippen LogP contribution in [0.4, 0.5) is 0 Å². The van der Waals surface area contributed by atoms with Crippen LogP contribution in [-0.2, 0) is 25.6 Å². The van der Waals surface area contributed by atoms with Crippen molar-refractivity contribution in [3.8, 4) is 0 Å². The summed E-state index contributed by atoms with van der Waals surface area (Å²) in [5.74, 6) is -1.28. The molecule has 1 aliphatic rings. The van der Waals surface area contributed by atoms with Gasteiger partial charge < -0.3 is 24.6 Å². The normalized spacial score (nSPS) is 20.9. The highest BCUT2D eigenvalue weighted by Crippen LogP contribution is 2.13. The fourth-order valence-electron chi connectivity index (χ4n) is 2.45. The van der Waals surface area contributed by atoms with Gasteiger partial charge in [0, 0.05) is 19.3 Å². The van der Waals surface area contributed by atoms with Crippen LogP contribution >= 0.6 is 0 Å². The molecule has 0 aromatic heterocycles. The highest BCUT2D eigenvalue weighted by Gasteiger charge is 2.28. The highest BCUT2D eigenvalue weighted by atomic mass is 16.5. The zero-order valence-electron chi connectivity index (χ0n) is 13.0. The third kappa shape index (κ3) is 5.31. The van der Waals surface area contributed by atoms with Crippen molar-refractivity contribution in [3.05, 3.63) is 35.4 Å². The molecule has 0 radical (unpaired) electrons. The van der Waals surface area contributed by atoms with E-state index in [1.165, 1.54) is 0 Å². The lowest BCUT2D eigenvalue weighted by molar-refractivity contribution is -0.147. The third-order valence-corrected chi connectivity index (χ3v) is 3.53. The zero-order valence-corrected chi connectivity index (χ0v) is 13.0. The fraction of sp³-hybridized carbons (Fsp3) is 0.500. The van der Waals surface area contributed by atoms with Crippen molar-refractivity contribution in [3.63, 3.8) is 0 Å². The van der Waals surface area contributed by atoms with E-state index >= 15 is 0 Å². The Labute approximate surface area is 134 Å². The quantitative estimate of drug-likeness (QED) is 0.771. The fourth-order valence-corrected chi connectivity index (χ4v) is 2.45. The molecular weight excluding hydrogens is 302 g/mol. The van der Waals surface area contributed by atoms with Gasteiger partial charge in [-0.1, -0.05) is 12.1 Å². The molecule has 0 bridgehead atoms. The molecule has 0 aliphatic carbocycles. The number of hydrogen-bond acceptors (Lipinski definition) is 5. The minimum Gasteiger partial charge on any atom is -0.480 e. The summed E-state index contributed by atoms with van der Waals surface area (Å²) in [5.41, 5.74) is 1.42. The third-order valence-electron chi connectivity index (χ3n) is 3.53. The van der Waals surface area contributed by atoms with Gasteiger partial charge in [0.1, 0.15) is 6.61 Å². The maximum Gasteiger partial charge on any atom is 0.329 e. The Balaban J connectivity index is 1.99. The first-order valence-electron chi connectivity index (χ1n) is 7.40. The number of carboxylic acid groups (broad SMARTS) is 1. The molecule has 7 nitrogen and oxygen atoms in total. The van der Waals surface area contributed by atoms with E-state index in [1.54, 1.807) is 25.3 Å². The van der Waals surface area contributed by atoms with Crippen LogP contribution in [0.5, 0.6) is 0 Å². The summed E-state index contributed by atoms with van der Waals surface area (Å²) in [6.07, 6.45) is 0.174. The smallest absolute Gasteiger partial charge is 0.329 e. The maximum atomic E-state index is 12.4. The van der Waals surface area contributed by atoms with Crippen molar-refractivity contribution < 1.29 is 28.9 Å². The Kier molecular flexibility index (Phi) is 6.52. The maximum absolute atomic E-state index is 12.4. The van der Waals surface area contributed by atoms with Gasteiger partial charge >= 0.3 is 5.97 Å².